The van der Waals surface area contributed by atoms with Crippen LogP contribution in [-0.4, -0.2) is 65.9 Å². The summed E-state index contributed by atoms with van der Waals surface area (Å²) < 4.78 is 11.2. The molecule has 2 aromatic rings. The summed E-state index contributed by atoms with van der Waals surface area (Å²) in [4.78, 5) is 39.8. The summed E-state index contributed by atoms with van der Waals surface area (Å²) in [5, 5.41) is 12.3. The van der Waals surface area contributed by atoms with Gasteiger partial charge >= 0.3 is 12.1 Å². The van der Waals surface area contributed by atoms with Crippen molar-refractivity contribution in [3.63, 3.8) is 0 Å². The number of carboxylic acid groups (broad SMARTS) is 1. The highest BCUT2D eigenvalue weighted by atomic mass is 16.6. The van der Waals surface area contributed by atoms with E-state index in [1.807, 2.05) is 36.4 Å². The number of hydrogen-bond donors (Lipinski definition) is 2. The molecule has 3 atom stereocenters. The smallest absolute Gasteiger partial charge is 0.408 e. The number of carbonyl (C=O) groups excluding carboxylic acids is 2. The van der Waals surface area contributed by atoms with Crippen LogP contribution in [0.15, 0.2) is 48.5 Å². The van der Waals surface area contributed by atoms with Gasteiger partial charge in [-0.25, -0.2) is 4.79 Å². The zero-order valence-electron chi connectivity index (χ0n) is 19.7. The van der Waals surface area contributed by atoms with Gasteiger partial charge in [-0.1, -0.05) is 48.5 Å². The summed E-state index contributed by atoms with van der Waals surface area (Å²) in [6.45, 7) is 2.73. The zero-order chi connectivity index (χ0) is 24.6. The number of benzene rings is 2. The number of fused-ring (bicyclic) bond motifs is 3. The number of amides is 2. The van der Waals surface area contributed by atoms with Crippen LogP contribution in [0.2, 0.25) is 0 Å². The maximum Gasteiger partial charge on any atom is 0.408 e. The summed E-state index contributed by atoms with van der Waals surface area (Å²) in [5.74, 6) is -1.92. The van der Waals surface area contributed by atoms with Crippen LogP contribution >= 0.6 is 0 Å². The van der Waals surface area contributed by atoms with Crippen molar-refractivity contribution >= 4 is 18.0 Å². The van der Waals surface area contributed by atoms with Crippen molar-refractivity contribution in [1.29, 1.82) is 0 Å². The number of hydrogen-bond acceptors (Lipinski definition) is 5. The molecular formula is C27H30N2O6. The second-order valence-corrected chi connectivity index (χ2v) is 9.66. The molecule has 8 nitrogen and oxygen atoms in total. The SMILES string of the molecule is C[C@@H]1[C@H](C(=O)O)CCCN1C(=O)C1(NC(=O)OCC2c3ccccc3-c3ccccc32)CCOC1. The van der Waals surface area contributed by atoms with E-state index in [0.717, 1.165) is 22.3 Å². The molecule has 3 aliphatic rings. The highest BCUT2D eigenvalue weighted by molar-refractivity contribution is 5.91. The van der Waals surface area contributed by atoms with Gasteiger partial charge in [-0.2, -0.15) is 0 Å². The molecule has 0 bridgehead atoms. The molecule has 2 saturated heterocycles. The van der Waals surface area contributed by atoms with E-state index in [4.69, 9.17) is 9.47 Å². The molecule has 0 aromatic heterocycles. The minimum absolute atomic E-state index is 0.0387. The number of nitrogens with zero attached hydrogens (tertiary/aromatic N) is 1. The summed E-state index contributed by atoms with van der Waals surface area (Å²) in [6, 6.07) is 15.7. The lowest BCUT2D eigenvalue weighted by Crippen LogP contribution is -2.63. The fourth-order valence-electron chi connectivity index (χ4n) is 5.75. The van der Waals surface area contributed by atoms with Gasteiger partial charge in [-0.15, -0.1) is 0 Å². The molecule has 2 amide bonds. The van der Waals surface area contributed by atoms with E-state index in [9.17, 15) is 19.5 Å². The quantitative estimate of drug-likeness (QED) is 0.683. The lowest BCUT2D eigenvalue weighted by Gasteiger charge is -2.42. The largest absolute Gasteiger partial charge is 0.481 e. The van der Waals surface area contributed by atoms with E-state index in [-0.39, 0.29) is 25.0 Å². The van der Waals surface area contributed by atoms with Crippen LogP contribution in [0, 0.1) is 5.92 Å². The number of carbonyl (C=O) groups is 3. The fourth-order valence-corrected chi connectivity index (χ4v) is 5.75. The van der Waals surface area contributed by atoms with Crippen LogP contribution in [0.25, 0.3) is 11.1 Å². The molecule has 184 valence electrons. The maximum atomic E-state index is 13.6. The topological polar surface area (TPSA) is 105 Å². The first-order valence-corrected chi connectivity index (χ1v) is 12.2. The molecule has 2 fully saturated rings. The van der Waals surface area contributed by atoms with Gasteiger partial charge in [0.25, 0.3) is 5.91 Å². The average Bonchev–Trinajstić information content (AvgIpc) is 3.46. The van der Waals surface area contributed by atoms with E-state index >= 15 is 0 Å². The Bertz CT molecular complexity index is 1100. The van der Waals surface area contributed by atoms with E-state index in [0.29, 0.717) is 32.4 Å². The summed E-state index contributed by atoms with van der Waals surface area (Å²) in [6.07, 6.45) is 0.778. The van der Waals surface area contributed by atoms with Crippen molar-refractivity contribution < 1.29 is 29.0 Å². The van der Waals surface area contributed by atoms with Gasteiger partial charge in [0, 0.05) is 31.5 Å². The van der Waals surface area contributed by atoms with Gasteiger partial charge in [0.05, 0.1) is 12.5 Å². The Morgan fingerprint density at radius 2 is 1.77 bits per heavy atom. The van der Waals surface area contributed by atoms with E-state index in [1.165, 1.54) is 0 Å². The normalized spacial score (nSPS) is 25.6. The van der Waals surface area contributed by atoms with Crippen molar-refractivity contribution in [2.45, 2.75) is 43.7 Å². The van der Waals surface area contributed by atoms with Crippen molar-refractivity contribution in [2.75, 3.05) is 26.4 Å². The first-order chi connectivity index (χ1) is 16.9. The molecule has 1 unspecified atom stereocenters. The number of carboxylic acids is 1. The number of rotatable bonds is 5. The molecule has 2 aliphatic heterocycles. The summed E-state index contributed by atoms with van der Waals surface area (Å²) in [5.41, 5.74) is 3.24. The molecule has 0 spiro atoms. The predicted octanol–water partition coefficient (Wildman–Crippen LogP) is 3.40. The van der Waals surface area contributed by atoms with Gasteiger partial charge in [-0.05, 0) is 42.0 Å². The Morgan fingerprint density at radius 3 is 2.37 bits per heavy atom. The van der Waals surface area contributed by atoms with Crippen LogP contribution in [0.1, 0.15) is 43.2 Å². The number of piperidine rings is 1. The molecule has 35 heavy (non-hydrogen) atoms. The molecule has 5 rings (SSSR count). The number of nitrogens with one attached hydrogen (secondary N) is 1. The van der Waals surface area contributed by atoms with E-state index in [1.54, 1.807) is 11.8 Å². The molecule has 8 heteroatoms. The number of ether oxygens (including phenoxy) is 2. The summed E-state index contributed by atoms with van der Waals surface area (Å²) >= 11 is 0. The summed E-state index contributed by atoms with van der Waals surface area (Å²) in [7, 11) is 0. The Hall–Kier alpha value is -3.39. The first-order valence-electron chi connectivity index (χ1n) is 12.2. The van der Waals surface area contributed by atoms with Crippen LogP contribution in [0.4, 0.5) is 4.79 Å². The van der Waals surface area contributed by atoms with Crippen molar-refractivity contribution in [3.8, 4) is 11.1 Å². The third-order valence-corrected chi connectivity index (χ3v) is 7.68. The zero-order valence-corrected chi connectivity index (χ0v) is 19.7. The van der Waals surface area contributed by atoms with Gasteiger partial charge in [0.15, 0.2) is 0 Å². The molecule has 1 aliphatic carbocycles. The number of alkyl carbamates (subject to hydrolysis) is 1. The first kappa shape index (κ1) is 23.4. The molecule has 0 saturated carbocycles. The van der Waals surface area contributed by atoms with Crippen molar-refractivity contribution in [2.24, 2.45) is 5.92 Å². The predicted molar refractivity (Wildman–Crippen MR) is 128 cm³/mol. The van der Waals surface area contributed by atoms with Gasteiger partial charge < -0.3 is 24.8 Å². The molecule has 2 aromatic carbocycles. The molecule has 2 N–H and O–H groups in total. The Morgan fingerprint density at radius 1 is 1.11 bits per heavy atom. The third kappa shape index (κ3) is 4.16. The third-order valence-electron chi connectivity index (χ3n) is 7.68. The second kappa shape index (κ2) is 9.34. The molecule has 0 radical (unpaired) electrons. The Kier molecular flexibility index (Phi) is 6.23. The standard InChI is InChI=1S/C27H30N2O6/c1-17-18(24(30)31)11-6-13-29(17)25(32)27(12-14-34-16-27)28-26(33)35-15-23-21-9-4-2-7-19(21)20-8-3-5-10-22(20)23/h2-5,7-10,17-18,23H,6,11-16H2,1H3,(H,28,33)(H,30,31)/t17-,18-,27?/m1/s1. The van der Waals surface area contributed by atoms with Gasteiger partial charge in [0.1, 0.15) is 12.1 Å². The minimum atomic E-state index is -1.25. The monoisotopic (exact) mass is 478 g/mol. The maximum absolute atomic E-state index is 13.6. The molecular weight excluding hydrogens is 448 g/mol. The molecule has 2 heterocycles. The lowest BCUT2D eigenvalue weighted by atomic mass is 9.87. The Balaban J connectivity index is 1.30. The number of likely N-dealkylation sites (tertiary alicyclic amines) is 1. The highest BCUT2D eigenvalue weighted by Gasteiger charge is 2.49. The lowest BCUT2D eigenvalue weighted by molar-refractivity contribution is -0.151. The Labute approximate surface area is 204 Å². The van der Waals surface area contributed by atoms with Crippen LogP contribution < -0.4 is 5.32 Å². The van der Waals surface area contributed by atoms with E-state index < -0.39 is 29.6 Å². The van der Waals surface area contributed by atoms with Crippen molar-refractivity contribution in [3.05, 3.63) is 59.7 Å². The second-order valence-electron chi connectivity index (χ2n) is 9.66. The van der Waals surface area contributed by atoms with Crippen LogP contribution in [0.5, 0.6) is 0 Å². The number of aliphatic carboxylic acids is 1. The van der Waals surface area contributed by atoms with Gasteiger partial charge in [0.2, 0.25) is 0 Å². The van der Waals surface area contributed by atoms with E-state index in [2.05, 4.69) is 17.4 Å². The highest BCUT2D eigenvalue weighted by Crippen LogP contribution is 2.44. The van der Waals surface area contributed by atoms with Crippen molar-refractivity contribution in [1.82, 2.24) is 10.2 Å². The fraction of sp³-hybridized carbons (Fsp3) is 0.444. The van der Waals surface area contributed by atoms with Crippen LogP contribution in [0.3, 0.4) is 0 Å². The average molecular weight is 479 g/mol. The van der Waals surface area contributed by atoms with Gasteiger partial charge in [-0.3, -0.25) is 9.59 Å². The van der Waals surface area contributed by atoms with Crippen LogP contribution in [-0.2, 0) is 19.1 Å². The minimum Gasteiger partial charge on any atom is -0.481 e.